The second-order valence-electron chi connectivity index (χ2n) is 6.04. The minimum atomic E-state index is -3.58. The zero-order valence-corrected chi connectivity index (χ0v) is 15.1. The lowest BCUT2D eigenvalue weighted by atomic mass is 9.99. The van der Waals surface area contributed by atoms with Gasteiger partial charge in [-0.15, -0.1) is 11.3 Å². The summed E-state index contributed by atoms with van der Waals surface area (Å²) in [6.45, 7) is 1.73. The van der Waals surface area contributed by atoms with E-state index in [9.17, 15) is 12.8 Å². The van der Waals surface area contributed by atoms with E-state index in [4.69, 9.17) is 10.7 Å². The van der Waals surface area contributed by atoms with Crippen LogP contribution >= 0.6 is 11.3 Å². The molecule has 2 heterocycles. The van der Waals surface area contributed by atoms with Gasteiger partial charge in [0, 0.05) is 11.9 Å². The van der Waals surface area contributed by atoms with E-state index >= 15 is 0 Å². The summed E-state index contributed by atoms with van der Waals surface area (Å²) in [5.74, 6) is -0.937. The van der Waals surface area contributed by atoms with Crippen molar-refractivity contribution in [3.63, 3.8) is 0 Å². The first-order chi connectivity index (χ1) is 11.7. The average molecular weight is 378 g/mol. The summed E-state index contributed by atoms with van der Waals surface area (Å²) in [5, 5.41) is 21.6. The summed E-state index contributed by atoms with van der Waals surface area (Å²) in [6, 6.07) is 7.89. The summed E-state index contributed by atoms with van der Waals surface area (Å²) in [7, 11) is -2.24. The molecule has 3 rings (SSSR count). The van der Waals surface area contributed by atoms with Gasteiger partial charge in [0.1, 0.15) is 11.9 Å². The van der Waals surface area contributed by atoms with E-state index < -0.39 is 21.4 Å². The third kappa shape index (κ3) is 2.99. The van der Waals surface area contributed by atoms with Gasteiger partial charge < -0.3 is 5.32 Å². The van der Waals surface area contributed by atoms with Crippen LogP contribution in [-0.4, -0.2) is 31.5 Å². The first-order valence-corrected chi connectivity index (χ1v) is 9.77. The lowest BCUT2D eigenvalue weighted by Gasteiger charge is -2.39. The van der Waals surface area contributed by atoms with Crippen molar-refractivity contribution in [3.05, 3.63) is 45.9 Å². The largest absolute Gasteiger partial charge is 0.344 e. The van der Waals surface area contributed by atoms with E-state index in [0.29, 0.717) is 5.56 Å². The number of guanidine groups is 1. The van der Waals surface area contributed by atoms with E-state index in [2.05, 4.69) is 5.32 Å². The first-order valence-electron chi connectivity index (χ1n) is 7.29. The van der Waals surface area contributed by atoms with Crippen molar-refractivity contribution in [1.29, 1.82) is 10.7 Å². The second-order valence-corrected chi connectivity index (χ2v) is 8.95. The van der Waals surface area contributed by atoms with Gasteiger partial charge in [0.15, 0.2) is 0 Å². The molecule has 9 heteroatoms. The molecule has 0 amide bonds. The van der Waals surface area contributed by atoms with Gasteiger partial charge in [-0.25, -0.2) is 17.1 Å². The van der Waals surface area contributed by atoms with Crippen LogP contribution in [0.4, 0.5) is 4.39 Å². The predicted molar refractivity (Wildman–Crippen MR) is 94.2 cm³/mol. The Balaban J connectivity index is 1.99. The highest BCUT2D eigenvalue weighted by molar-refractivity contribution is 7.89. The molecule has 1 atom stereocenters. The molecule has 1 aromatic heterocycles. The smallest absolute Gasteiger partial charge is 0.239 e. The number of sulfonamides is 1. The molecular formula is C16H15FN4O2S2. The van der Waals surface area contributed by atoms with E-state index in [1.165, 1.54) is 30.5 Å². The summed E-state index contributed by atoms with van der Waals surface area (Å²) >= 11 is 1.35. The number of thiophene rings is 1. The topological polar surface area (TPSA) is 97.1 Å². The molecular weight excluding hydrogens is 363 g/mol. The normalized spacial score (nSPS) is 22.3. The Morgan fingerprint density at radius 2 is 2.12 bits per heavy atom. The molecule has 130 valence electrons. The fraction of sp³-hybridized carbons (Fsp3) is 0.250. The molecule has 0 saturated carbocycles. The van der Waals surface area contributed by atoms with E-state index in [1.807, 2.05) is 11.4 Å². The summed E-state index contributed by atoms with van der Waals surface area (Å²) in [6.07, 6.45) is 0. The highest BCUT2D eigenvalue weighted by atomic mass is 32.2. The number of hydrogen-bond acceptors (Lipinski definition) is 5. The second kappa shape index (κ2) is 5.82. The van der Waals surface area contributed by atoms with Gasteiger partial charge in [0.05, 0.1) is 16.9 Å². The van der Waals surface area contributed by atoms with Gasteiger partial charge in [0.2, 0.25) is 16.0 Å². The molecule has 0 unspecified atom stereocenters. The number of halogens is 1. The Hall–Kier alpha value is -2.44. The van der Waals surface area contributed by atoms with Crippen molar-refractivity contribution >= 4 is 27.3 Å². The Morgan fingerprint density at radius 1 is 1.40 bits per heavy atom. The highest BCUT2D eigenvalue weighted by Gasteiger charge is 2.42. The molecule has 1 aliphatic rings. The Morgan fingerprint density at radius 3 is 2.76 bits per heavy atom. The lowest BCUT2D eigenvalue weighted by Crippen LogP contribution is -2.60. The standard InChI is InChI=1S/C16H15FN4O2S2/c1-16(9-25(22,23)21(2)15(19)20-16)14-6-12(8-24-14)10-3-4-13(17)11(5-10)7-18/h3-6,8H,9H2,1-2H3,(H2,19,20)/t16-/m0/s1. The number of benzene rings is 1. The molecule has 1 saturated heterocycles. The fourth-order valence-electron chi connectivity index (χ4n) is 2.68. The van der Waals surface area contributed by atoms with Crippen molar-refractivity contribution < 1.29 is 12.8 Å². The molecule has 2 N–H and O–H groups in total. The van der Waals surface area contributed by atoms with Crippen LogP contribution in [0, 0.1) is 22.6 Å². The van der Waals surface area contributed by atoms with E-state index in [1.54, 1.807) is 19.1 Å². The van der Waals surface area contributed by atoms with Gasteiger partial charge in [-0.1, -0.05) is 6.07 Å². The monoisotopic (exact) mass is 378 g/mol. The Labute approximate surface area is 149 Å². The molecule has 1 aromatic carbocycles. The molecule has 1 fully saturated rings. The van der Waals surface area contributed by atoms with Crippen LogP contribution in [0.15, 0.2) is 29.6 Å². The third-order valence-electron chi connectivity index (χ3n) is 4.16. The molecule has 0 bridgehead atoms. The number of hydrogen-bond donors (Lipinski definition) is 2. The van der Waals surface area contributed by atoms with Gasteiger partial charge in [-0.3, -0.25) is 5.41 Å². The third-order valence-corrected chi connectivity index (χ3v) is 7.31. The van der Waals surface area contributed by atoms with Crippen molar-refractivity contribution in [2.75, 3.05) is 12.8 Å². The van der Waals surface area contributed by atoms with E-state index in [0.717, 1.165) is 14.7 Å². The SMILES string of the molecule is CN1C(=N)N[C@](C)(c2cc(-c3ccc(F)c(C#N)c3)cs2)CS1(=O)=O. The van der Waals surface area contributed by atoms with Gasteiger partial charge in [0.25, 0.3) is 0 Å². The minimum Gasteiger partial charge on any atom is -0.344 e. The highest BCUT2D eigenvalue weighted by Crippen LogP contribution is 2.35. The molecule has 25 heavy (non-hydrogen) atoms. The predicted octanol–water partition coefficient (Wildman–Crippen LogP) is 2.44. The van der Waals surface area contributed by atoms with Crippen molar-refractivity contribution in [2.24, 2.45) is 0 Å². The van der Waals surface area contributed by atoms with E-state index in [-0.39, 0.29) is 17.3 Å². The zero-order valence-electron chi connectivity index (χ0n) is 13.5. The Bertz CT molecular complexity index is 1010. The van der Waals surface area contributed by atoms with Crippen molar-refractivity contribution in [1.82, 2.24) is 9.62 Å². The molecule has 1 aliphatic heterocycles. The summed E-state index contributed by atoms with van der Waals surface area (Å²) < 4.78 is 38.9. The maximum atomic E-state index is 13.5. The van der Waals surface area contributed by atoms with Gasteiger partial charge in [-0.05, 0) is 41.6 Å². The first kappa shape index (κ1) is 17.4. The molecule has 0 spiro atoms. The maximum Gasteiger partial charge on any atom is 0.239 e. The fourth-order valence-corrected chi connectivity index (χ4v) is 5.28. The van der Waals surface area contributed by atoms with Crippen LogP contribution in [-0.2, 0) is 15.6 Å². The minimum absolute atomic E-state index is 0.0433. The maximum absolute atomic E-state index is 13.5. The quantitative estimate of drug-likeness (QED) is 0.839. The zero-order chi connectivity index (χ0) is 18.4. The summed E-state index contributed by atoms with van der Waals surface area (Å²) in [5.41, 5.74) is 0.471. The number of rotatable bonds is 2. The van der Waals surface area contributed by atoms with Crippen LogP contribution < -0.4 is 5.32 Å². The summed E-state index contributed by atoms with van der Waals surface area (Å²) in [4.78, 5) is 0.742. The van der Waals surface area contributed by atoms with Crippen LogP contribution in [0.5, 0.6) is 0 Å². The number of nitrogens with one attached hydrogen (secondary N) is 2. The molecule has 0 radical (unpaired) electrons. The van der Waals surface area contributed by atoms with Crippen LogP contribution in [0.25, 0.3) is 11.1 Å². The van der Waals surface area contributed by atoms with Crippen LogP contribution in [0.1, 0.15) is 17.4 Å². The van der Waals surface area contributed by atoms with Crippen LogP contribution in [0.3, 0.4) is 0 Å². The average Bonchev–Trinajstić information content (AvgIpc) is 3.03. The van der Waals surface area contributed by atoms with Crippen molar-refractivity contribution in [3.8, 4) is 17.2 Å². The van der Waals surface area contributed by atoms with Crippen molar-refractivity contribution in [2.45, 2.75) is 12.5 Å². The molecule has 0 aliphatic carbocycles. The Kier molecular flexibility index (Phi) is 4.05. The lowest BCUT2D eigenvalue weighted by molar-refractivity contribution is 0.424. The number of nitrogens with zero attached hydrogens (tertiary/aromatic N) is 2. The number of nitriles is 1. The van der Waals surface area contributed by atoms with Crippen LogP contribution in [0.2, 0.25) is 0 Å². The van der Waals surface area contributed by atoms with Gasteiger partial charge >= 0.3 is 0 Å². The van der Waals surface area contributed by atoms with Gasteiger partial charge in [-0.2, -0.15) is 5.26 Å². The molecule has 6 nitrogen and oxygen atoms in total. The molecule has 2 aromatic rings.